The van der Waals surface area contributed by atoms with Crippen LogP contribution < -0.4 is 15.5 Å². The van der Waals surface area contributed by atoms with Gasteiger partial charge in [-0.15, -0.1) is 0 Å². The zero-order chi connectivity index (χ0) is 22.9. The maximum atomic E-state index is 11.9. The van der Waals surface area contributed by atoms with E-state index in [0.717, 1.165) is 11.1 Å². The summed E-state index contributed by atoms with van der Waals surface area (Å²) in [5, 5.41) is 7.44. The van der Waals surface area contributed by atoms with Crippen molar-refractivity contribution in [2.75, 3.05) is 0 Å². The van der Waals surface area contributed by atoms with Gasteiger partial charge in [0.25, 0.3) is 0 Å². The number of hydrogen-bond acceptors (Lipinski definition) is 4. The van der Waals surface area contributed by atoms with E-state index >= 15 is 0 Å². The van der Waals surface area contributed by atoms with Crippen molar-refractivity contribution in [2.45, 2.75) is 20.1 Å². The van der Waals surface area contributed by atoms with Gasteiger partial charge < -0.3 is 10.1 Å². The van der Waals surface area contributed by atoms with E-state index in [-0.39, 0.29) is 13.2 Å². The Labute approximate surface area is 196 Å². The number of carbonyl (C=O) groups excluding carboxylic acids is 2. The second kappa shape index (κ2) is 11.3. The van der Waals surface area contributed by atoms with E-state index in [1.165, 1.54) is 6.21 Å². The smallest absolute Gasteiger partial charge is 0.329 e. The standard InChI is InChI=1S/C24H21Cl2N3O3/c1-16-8-10-17(11-9-16)13-27-23(30)24(31)29-28-14-18-4-2-5-19(12-18)32-15-20-21(25)6-3-7-22(20)26/h2-12,14H,13,15H2,1H3,(H,27,30)(H,29,31)/b28-14-. The number of benzene rings is 3. The number of carbonyl (C=O) groups is 2. The molecule has 0 fully saturated rings. The SMILES string of the molecule is Cc1ccc(CNC(=O)C(=O)N/N=C\c2cccc(OCc3c(Cl)cccc3Cl)c2)cc1. The first-order chi connectivity index (χ1) is 15.4. The maximum Gasteiger partial charge on any atom is 0.329 e. The maximum absolute atomic E-state index is 11.9. The summed E-state index contributed by atoms with van der Waals surface area (Å²) in [7, 11) is 0. The van der Waals surface area contributed by atoms with E-state index in [0.29, 0.717) is 26.9 Å². The van der Waals surface area contributed by atoms with Crippen molar-refractivity contribution in [2.24, 2.45) is 5.10 Å². The molecule has 3 aromatic carbocycles. The fourth-order valence-electron chi connectivity index (χ4n) is 2.70. The van der Waals surface area contributed by atoms with Crippen molar-refractivity contribution in [3.63, 3.8) is 0 Å². The van der Waals surface area contributed by atoms with Gasteiger partial charge in [0.15, 0.2) is 0 Å². The second-order valence-electron chi connectivity index (χ2n) is 6.93. The van der Waals surface area contributed by atoms with Gasteiger partial charge in [-0.1, -0.05) is 71.2 Å². The Hall–Kier alpha value is -3.35. The normalized spacial score (nSPS) is 10.7. The summed E-state index contributed by atoms with van der Waals surface area (Å²) in [6.45, 7) is 2.44. The van der Waals surface area contributed by atoms with Crippen LogP contribution in [0.4, 0.5) is 0 Å². The average Bonchev–Trinajstić information content (AvgIpc) is 2.78. The predicted molar refractivity (Wildman–Crippen MR) is 126 cm³/mol. The first-order valence-corrected chi connectivity index (χ1v) is 10.5. The van der Waals surface area contributed by atoms with Gasteiger partial charge in [0.2, 0.25) is 0 Å². The number of ether oxygens (including phenoxy) is 1. The molecule has 2 N–H and O–H groups in total. The van der Waals surface area contributed by atoms with Gasteiger partial charge in [0.1, 0.15) is 12.4 Å². The number of amides is 2. The molecule has 0 saturated heterocycles. The van der Waals surface area contributed by atoms with Crippen LogP contribution in [0.5, 0.6) is 5.75 Å². The number of aryl methyl sites for hydroxylation is 1. The van der Waals surface area contributed by atoms with Gasteiger partial charge in [-0.05, 0) is 42.3 Å². The lowest BCUT2D eigenvalue weighted by Gasteiger charge is -2.09. The molecule has 164 valence electrons. The third kappa shape index (κ3) is 6.83. The van der Waals surface area contributed by atoms with Gasteiger partial charge in [-0.2, -0.15) is 5.10 Å². The number of nitrogens with one attached hydrogen (secondary N) is 2. The van der Waals surface area contributed by atoms with Crippen LogP contribution in [0.1, 0.15) is 22.3 Å². The number of rotatable bonds is 7. The van der Waals surface area contributed by atoms with Gasteiger partial charge in [0, 0.05) is 22.2 Å². The van der Waals surface area contributed by atoms with E-state index < -0.39 is 11.8 Å². The average molecular weight is 470 g/mol. The molecule has 2 amide bonds. The van der Waals surface area contributed by atoms with Crippen molar-refractivity contribution in [3.8, 4) is 5.75 Å². The molecule has 3 rings (SSSR count). The largest absolute Gasteiger partial charge is 0.489 e. The molecular formula is C24H21Cl2N3O3. The van der Waals surface area contributed by atoms with Gasteiger partial charge in [-0.3, -0.25) is 9.59 Å². The molecular weight excluding hydrogens is 449 g/mol. The van der Waals surface area contributed by atoms with Crippen LogP contribution in [0.2, 0.25) is 10.0 Å². The summed E-state index contributed by atoms with van der Waals surface area (Å²) in [6.07, 6.45) is 1.42. The van der Waals surface area contributed by atoms with Crippen LogP contribution in [-0.4, -0.2) is 18.0 Å². The van der Waals surface area contributed by atoms with E-state index in [4.69, 9.17) is 27.9 Å². The Balaban J connectivity index is 1.50. The molecule has 0 spiro atoms. The first-order valence-electron chi connectivity index (χ1n) is 9.75. The molecule has 0 radical (unpaired) electrons. The Bertz CT molecular complexity index is 1110. The molecule has 0 aromatic heterocycles. The number of hydrazone groups is 1. The van der Waals surface area contributed by atoms with Crippen LogP contribution >= 0.6 is 23.2 Å². The molecule has 6 nitrogen and oxygen atoms in total. The van der Waals surface area contributed by atoms with Crippen molar-refractivity contribution in [1.82, 2.24) is 10.7 Å². The van der Waals surface area contributed by atoms with Gasteiger partial charge >= 0.3 is 11.8 Å². The minimum Gasteiger partial charge on any atom is -0.489 e. The van der Waals surface area contributed by atoms with Gasteiger partial charge in [0.05, 0.1) is 6.21 Å². The molecule has 0 aliphatic heterocycles. The zero-order valence-electron chi connectivity index (χ0n) is 17.3. The Morgan fingerprint density at radius 3 is 2.38 bits per heavy atom. The van der Waals surface area contributed by atoms with Crippen LogP contribution in [0, 0.1) is 6.92 Å². The second-order valence-corrected chi connectivity index (χ2v) is 7.74. The third-order valence-corrected chi connectivity index (χ3v) is 5.17. The summed E-state index contributed by atoms with van der Waals surface area (Å²) in [5.41, 5.74) is 5.60. The van der Waals surface area contributed by atoms with Crippen molar-refractivity contribution >= 4 is 41.2 Å². The summed E-state index contributed by atoms with van der Waals surface area (Å²) < 4.78 is 5.76. The number of hydrogen-bond donors (Lipinski definition) is 2. The molecule has 32 heavy (non-hydrogen) atoms. The zero-order valence-corrected chi connectivity index (χ0v) is 18.8. The number of nitrogens with zero attached hydrogens (tertiary/aromatic N) is 1. The minimum absolute atomic E-state index is 0.205. The molecule has 8 heteroatoms. The minimum atomic E-state index is -0.853. The molecule has 0 unspecified atom stereocenters. The monoisotopic (exact) mass is 469 g/mol. The summed E-state index contributed by atoms with van der Waals surface area (Å²) >= 11 is 12.3. The first kappa shape index (κ1) is 23.3. The highest BCUT2D eigenvalue weighted by Gasteiger charge is 2.12. The lowest BCUT2D eigenvalue weighted by molar-refractivity contribution is -0.139. The van der Waals surface area contributed by atoms with E-state index in [1.54, 1.807) is 42.5 Å². The van der Waals surface area contributed by atoms with Crippen molar-refractivity contribution in [1.29, 1.82) is 0 Å². The summed E-state index contributed by atoms with van der Waals surface area (Å²) in [4.78, 5) is 23.8. The number of halogens is 2. The lowest BCUT2D eigenvalue weighted by atomic mass is 10.1. The van der Waals surface area contributed by atoms with Crippen LogP contribution in [0.15, 0.2) is 71.8 Å². The summed E-state index contributed by atoms with van der Waals surface area (Å²) in [5.74, 6) is -1.04. The third-order valence-electron chi connectivity index (χ3n) is 4.46. The predicted octanol–water partition coefficient (Wildman–Crippen LogP) is 4.65. The molecule has 3 aromatic rings. The van der Waals surface area contributed by atoms with Gasteiger partial charge in [-0.25, -0.2) is 5.43 Å². The lowest BCUT2D eigenvalue weighted by Crippen LogP contribution is -2.37. The fraction of sp³-hybridized carbons (Fsp3) is 0.125. The molecule has 0 bridgehead atoms. The topological polar surface area (TPSA) is 79.8 Å². The van der Waals surface area contributed by atoms with E-state index in [9.17, 15) is 9.59 Å². The molecule has 0 saturated carbocycles. The van der Waals surface area contributed by atoms with E-state index in [1.807, 2.05) is 31.2 Å². The molecule has 0 heterocycles. The van der Waals surface area contributed by atoms with Crippen LogP contribution in [-0.2, 0) is 22.7 Å². The molecule has 0 aliphatic carbocycles. The Morgan fingerprint density at radius 1 is 0.969 bits per heavy atom. The highest BCUT2D eigenvalue weighted by Crippen LogP contribution is 2.26. The summed E-state index contributed by atoms with van der Waals surface area (Å²) in [6, 6.07) is 20.0. The van der Waals surface area contributed by atoms with Crippen LogP contribution in [0.3, 0.4) is 0 Å². The quantitative estimate of drug-likeness (QED) is 0.300. The van der Waals surface area contributed by atoms with Crippen molar-refractivity contribution < 1.29 is 14.3 Å². The highest BCUT2D eigenvalue weighted by molar-refractivity contribution is 6.36. The highest BCUT2D eigenvalue weighted by atomic mass is 35.5. The van der Waals surface area contributed by atoms with Crippen LogP contribution in [0.25, 0.3) is 0 Å². The Kier molecular flexibility index (Phi) is 8.25. The van der Waals surface area contributed by atoms with Crippen molar-refractivity contribution in [3.05, 3.63) is 99.0 Å². The Morgan fingerprint density at radius 2 is 1.66 bits per heavy atom. The fourth-order valence-corrected chi connectivity index (χ4v) is 3.20. The molecule has 0 aliphatic rings. The van der Waals surface area contributed by atoms with E-state index in [2.05, 4.69) is 15.8 Å². The molecule has 0 atom stereocenters.